The Labute approximate surface area is 192 Å². The number of hydrogen-bond acceptors (Lipinski definition) is 4. The summed E-state index contributed by atoms with van der Waals surface area (Å²) in [6, 6.07) is 22.8. The lowest BCUT2D eigenvalue weighted by atomic mass is 10.00. The molecule has 0 aliphatic carbocycles. The van der Waals surface area contributed by atoms with Crippen LogP contribution >= 0.6 is 11.8 Å². The highest BCUT2D eigenvalue weighted by Gasteiger charge is 2.35. The first kappa shape index (κ1) is 22.0. The van der Waals surface area contributed by atoms with E-state index in [-0.39, 0.29) is 17.2 Å². The van der Waals surface area contributed by atoms with E-state index in [1.54, 1.807) is 43.1 Å². The predicted molar refractivity (Wildman–Crippen MR) is 131 cm³/mol. The zero-order valence-electron chi connectivity index (χ0n) is 18.4. The van der Waals surface area contributed by atoms with Gasteiger partial charge >= 0.3 is 0 Å². The van der Waals surface area contributed by atoms with E-state index < -0.39 is 0 Å². The molecule has 1 aliphatic rings. The second kappa shape index (κ2) is 9.49. The SMILES string of the molecule is COc1ccc(C(=O)Nc2cccc(C3SCC(=O)N3c3ccccc3C(C)C)c2)cc1. The van der Waals surface area contributed by atoms with Gasteiger partial charge in [0.15, 0.2) is 0 Å². The van der Waals surface area contributed by atoms with Crippen molar-refractivity contribution in [3.63, 3.8) is 0 Å². The highest BCUT2D eigenvalue weighted by Crippen LogP contribution is 2.44. The summed E-state index contributed by atoms with van der Waals surface area (Å²) in [6.45, 7) is 4.27. The smallest absolute Gasteiger partial charge is 0.255 e. The molecule has 1 unspecified atom stereocenters. The van der Waals surface area contributed by atoms with Crippen LogP contribution in [0.2, 0.25) is 0 Å². The predicted octanol–water partition coefficient (Wildman–Crippen LogP) is 5.85. The first-order valence-electron chi connectivity index (χ1n) is 10.6. The molecule has 1 aliphatic heterocycles. The number of carbonyl (C=O) groups excluding carboxylic acids is 2. The number of benzene rings is 3. The minimum absolute atomic E-state index is 0.0979. The second-order valence-electron chi connectivity index (χ2n) is 7.95. The summed E-state index contributed by atoms with van der Waals surface area (Å²) in [5, 5.41) is 2.82. The van der Waals surface area contributed by atoms with Crippen LogP contribution in [0.4, 0.5) is 11.4 Å². The fourth-order valence-corrected chi connectivity index (χ4v) is 5.00. The summed E-state index contributed by atoms with van der Waals surface area (Å²) < 4.78 is 5.15. The van der Waals surface area contributed by atoms with Gasteiger partial charge in [0.25, 0.3) is 5.91 Å². The zero-order chi connectivity index (χ0) is 22.7. The van der Waals surface area contributed by atoms with Crippen molar-refractivity contribution in [3.05, 3.63) is 89.5 Å². The topological polar surface area (TPSA) is 58.6 Å². The molecule has 164 valence electrons. The number of ether oxygens (including phenoxy) is 1. The molecule has 4 rings (SSSR count). The van der Waals surface area contributed by atoms with E-state index in [4.69, 9.17) is 4.74 Å². The average molecular weight is 447 g/mol. The highest BCUT2D eigenvalue weighted by molar-refractivity contribution is 8.00. The van der Waals surface area contributed by atoms with Crippen molar-refractivity contribution in [2.24, 2.45) is 0 Å². The number of hydrogen-bond donors (Lipinski definition) is 1. The number of carbonyl (C=O) groups is 2. The van der Waals surface area contributed by atoms with Crippen LogP contribution in [0.15, 0.2) is 72.8 Å². The summed E-state index contributed by atoms with van der Waals surface area (Å²) in [6.07, 6.45) is 0. The number of thioether (sulfide) groups is 1. The van der Waals surface area contributed by atoms with Gasteiger partial charge in [0.2, 0.25) is 5.91 Å². The van der Waals surface area contributed by atoms with E-state index in [1.807, 2.05) is 47.4 Å². The van der Waals surface area contributed by atoms with Crippen molar-refractivity contribution >= 4 is 35.0 Å². The number of para-hydroxylation sites is 1. The molecule has 1 atom stereocenters. The van der Waals surface area contributed by atoms with Gasteiger partial charge in [0, 0.05) is 16.9 Å². The van der Waals surface area contributed by atoms with Gasteiger partial charge in [-0.25, -0.2) is 0 Å². The van der Waals surface area contributed by atoms with Crippen molar-refractivity contribution in [3.8, 4) is 5.75 Å². The van der Waals surface area contributed by atoms with Crippen LogP contribution in [0.1, 0.15) is 46.6 Å². The molecule has 0 aromatic heterocycles. The number of anilines is 2. The zero-order valence-corrected chi connectivity index (χ0v) is 19.2. The highest BCUT2D eigenvalue weighted by atomic mass is 32.2. The van der Waals surface area contributed by atoms with Gasteiger partial charge in [-0.1, -0.05) is 44.2 Å². The first-order chi connectivity index (χ1) is 15.5. The van der Waals surface area contributed by atoms with E-state index in [1.165, 1.54) is 0 Å². The van der Waals surface area contributed by atoms with Crippen molar-refractivity contribution < 1.29 is 14.3 Å². The molecule has 0 bridgehead atoms. The summed E-state index contributed by atoms with van der Waals surface area (Å²) in [4.78, 5) is 27.4. The maximum Gasteiger partial charge on any atom is 0.255 e. The van der Waals surface area contributed by atoms with Gasteiger partial charge < -0.3 is 10.1 Å². The molecular weight excluding hydrogens is 420 g/mol. The van der Waals surface area contributed by atoms with Crippen LogP contribution in [0.25, 0.3) is 0 Å². The Morgan fingerprint density at radius 1 is 1.06 bits per heavy atom. The second-order valence-corrected chi connectivity index (χ2v) is 9.02. The first-order valence-corrected chi connectivity index (χ1v) is 11.6. The van der Waals surface area contributed by atoms with E-state index in [0.29, 0.717) is 28.7 Å². The molecule has 1 heterocycles. The third-order valence-electron chi connectivity index (χ3n) is 5.47. The minimum Gasteiger partial charge on any atom is -0.497 e. The minimum atomic E-state index is -0.193. The van der Waals surface area contributed by atoms with Crippen molar-refractivity contribution in [1.82, 2.24) is 0 Å². The Hall–Kier alpha value is -3.25. The molecule has 0 spiro atoms. The van der Waals surface area contributed by atoms with E-state index in [2.05, 4.69) is 25.2 Å². The van der Waals surface area contributed by atoms with Crippen molar-refractivity contribution in [1.29, 1.82) is 0 Å². The monoisotopic (exact) mass is 446 g/mol. The molecule has 1 N–H and O–H groups in total. The van der Waals surface area contributed by atoms with Gasteiger partial charge in [-0.2, -0.15) is 0 Å². The van der Waals surface area contributed by atoms with E-state index >= 15 is 0 Å². The molecule has 2 amide bonds. The Balaban J connectivity index is 1.59. The van der Waals surface area contributed by atoms with Gasteiger partial charge in [-0.3, -0.25) is 14.5 Å². The van der Waals surface area contributed by atoms with Gasteiger partial charge in [0.05, 0.1) is 12.9 Å². The standard InChI is InChI=1S/C26H26N2O3S/c1-17(2)22-9-4-5-10-23(22)28-24(29)16-32-26(28)19-7-6-8-20(15-19)27-25(30)18-11-13-21(31-3)14-12-18/h4-15,17,26H,16H2,1-3H3,(H,27,30). The van der Waals surface area contributed by atoms with Crippen molar-refractivity contribution in [2.75, 3.05) is 23.1 Å². The molecule has 32 heavy (non-hydrogen) atoms. The Kier molecular flexibility index (Phi) is 6.51. The van der Waals surface area contributed by atoms with Gasteiger partial charge in [-0.05, 0) is 59.5 Å². The van der Waals surface area contributed by atoms with Crippen LogP contribution < -0.4 is 15.0 Å². The maximum atomic E-state index is 12.9. The number of rotatable bonds is 6. The fraction of sp³-hybridized carbons (Fsp3) is 0.231. The molecule has 5 nitrogen and oxygen atoms in total. The molecule has 0 radical (unpaired) electrons. The third-order valence-corrected chi connectivity index (χ3v) is 6.68. The van der Waals surface area contributed by atoms with Crippen LogP contribution in [0.3, 0.4) is 0 Å². The lowest BCUT2D eigenvalue weighted by Gasteiger charge is -2.28. The lowest BCUT2D eigenvalue weighted by molar-refractivity contribution is -0.115. The molecule has 3 aromatic rings. The molecule has 0 saturated carbocycles. The van der Waals surface area contributed by atoms with Gasteiger partial charge in [0.1, 0.15) is 11.1 Å². The molecular formula is C26H26N2O3S. The number of methoxy groups -OCH3 is 1. The van der Waals surface area contributed by atoms with Gasteiger partial charge in [-0.15, -0.1) is 11.8 Å². The Bertz CT molecular complexity index is 1130. The largest absolute Gasteiger partial charge is 0.497 e. The molecule has 1 fully saturated rings. The van der Waals surface area contributed by atoms with Crippen LogP contribution in [-0.2, 0) is 4.79 Å². The quantitative estimate of drug-likeness (QED) is 0.516. The summed E-state index contributed by atoms with van der Waals surface area (Å²) >= 11 is 1.60. The van der Waals surface area contributed by atoms with Crippen LogP contribution in [-0.4, -0.2) is 24.7 Å². The fourth-order valence-electron chi connectivity index (χ4n) is 3.84. The van der Waals surface area contributed by atoms with Crippen LogP contribution in [0, 0.1) is 0 Å². The van der Waals surface area contributed by atoms with E-state index in [0.717, 1.165) is 16.8 Å². The summed E-state index contributed by atoms with van der Waals surface area (Å²) in [5.74, 6) is 1.34. The third kappa shape index (κ3) is 4.50. The summed E-state index contributed by atoms with van der Waals surface area (Å²) in [7, 11) is 1.59. The average Bonchev–Trinajstić information content (AvgIpc) is 3.20. The lowest BCUT2D eigenvalue weighted by Crippen LogP contribution is -2.29. The number of amides is 2. The Morgan fingerprint density at radius 3 is 2.53 bits per heavy atom. The van der Waals surface area contributed by atoms with Crippen LogP contribution in [0.5, 0.6) is 5.75 Å². The van der Waals surface area contributed by atoms with E-state index in [9.17, 15) is 9.59 Å². The van der Waals surface area contributed by atoms with Crippen molar-refractivity contribution in [2.45, 2.75) is 25.1 Å². The number of nitrogens with zero attached hydrogens (tertiary/aromatic N) is 1. The molecule has 6 heteroatoms. The molecule has 3 aromatic carbocycles. The Morgan fingerprint density at radius 2 is 1.81 bits per heavy atom. The summed E-state index contributed by atoms with van der Waals surface area (Å²) in [5.41, 5.74) is 4.33. The molecule has 1 saturated heterocycles. The maximum absolute atomic E-state index is 12.9. The normalized spacial score (nSPS) is 15.8. The number of nitrogens with one attached hydrogen (secondary N) is 1.